The Bertz CT molecular complexity index is 316. The summed E-state index contributed by atoms with van der Waals surface area (Å²) in [6.45, 7) is 0. The fourth-order valence-electron chi connectivity index (χ4n) is 3.31. The van der Waals surface area contributed by atoms with E-state index in [1.807, 2.05) is 0 Å². The molecule has 2 fully saturated rings. The van der Waals surface area contributed by atoms with Gasteiger partial charge >= 0.3 is 0 Å². The topological polar surface area (TPSA) is 34.1 Å². The summed E-state index contributed by atoms with van der Waals surface area (Å²) >= 11 is 0. The highest BCUT2D eigenvalue weighted by Crippen LogP contribution is 2.51. The SMILES string of the molecule is O=C1C[C@H]2[C@@H]3CC=C[C@@H]3C(=O)[C@H]2C1. The number of hydrogen-bond donors (Lipinski definition) is 0. The molecule has 68 valence electrons. The summed E-state index contributed by atoms with van der Waals surface area (Å²) in [7, 11) is 0. The third kappa shape index (κ3) is 0.835. The number of carbonyl (C=O) groups excluding carboxylic acids is 2. The molecule has 2 saturated carbocycles. The van der Waals surface area contributed by atoms with Crippen molar-refractivity contribution in [1.29, 1.82) is 0 Å². The third-order valence-electron chi connectivity index (χ3n) is 3.88. The van der Waals surface area contributed by atoms with Gasteiger partial charge in [0, 0.05) is 24.7 Å². The van der Waals surface area contributed by atoms with E-state index in [0.29, 0.717) is 36.2 Å². The second-order valence-electron chi connectivity index (χ2n) is 4.47. The van der Waals surface area contributed by atoms with Crippen molar-refractivity contribution < 1.29 is 9.59 Å². The van der Waals surface area contributed by atoms with Gasteiger partial charge in [0.1, 0.15) is 11.6 Å². The molecule has 3 aliphatic carbocycles. The number of allylic oxidation sites excluding steroid dienone is 2. The third-order valence-corrected chi connectivity index (χ3v) is 3.88. The molecular weight excluding hydrogens is 164 g/mol. The molecule has 0 bridgehead atoms. The first-order chi connectivity index (χ1) is 6.27. The minimum Gasteiger partial charge on any atom is -0.300 e. The van der Waals surface area contributed by atoms with Crippen LogP contribution in [0.3, 0.4) is 0 Å². The van der Waals surface area contributed by atoms with Gasteiger partial charge in [0.2, 0.25) is 0 Å². The highest BCUT2D eigenvalue weighted by Gasteiger charge is 2.53. The Balaban J connectivity index is 1.97. The molecule has 3 aliphatic rings. The van der Waals surface area contributed by atoms with Crippen molar-refractivity contribution in [1.82, 2.24) is 0 Å². The van der Waals surface area contributed by atoms with Gasteiger partial charge in [-0.3, -0.25) is 9.59 Å². The van der Waals surface area contributed by atoms with E-state index in [0.717, 1.165) is 6.42 Å². The van der Waals surface area contributed by atoms with Gasteiger partial charge in [-0.05, 0) is 18.3 Å². The maximum atomic E-state index is 11.8. The summed E-state index contributed by atoms with van der Waals surface area (Å²) in [5.74, 6) is 1.77. The maximum Gasteiger partial charge on any atom is 0.143 e. The summed E-state index contributed by atoms with van der Waals surface area (Å²) in [5.41, 5.74) is 0. The lowest BCUT2D eigenvalue weighted by Gasteiger charge is -2.13. The van der Waals surface area contributed by atoms with Crippen LogP contribution >= 0.6 is 0 Å². The molecule has 2 heteroatoms. The van der Waals surface area contributed by atoms with Crippen LogP contribution < -0.4 is 0 Å². The van der Waals surface area contributed by atoms with E-state index in [4.69, 9.17) is 0 Å². The van der Waals surface area contributed by atoms with Crippen molar-refractivity contribution in [2.24, 2.45) is 23.7 Å². The predicted octanol–water partition coefficient (Wildman–Crippen LogP) is 1.36. The zero-order valence-electron chi connectivity index (χ0n) is 7.40. The van der Waals surface area contributed by atoms with Crippen LogP contribution in [-0.2, 0) is 9.59 Å². The summed E-state index contributed by atoms with van der Waals surface area (Å²) in [4.78, 5) is 23.0. The molecular formula is C11H12O2. The fraction of sp³-hybridized carbons (Fsp3) is 0.636. The second-order valence-corrected chi connectivity index (χ2v) is 4.47. The Labute approximate surface area is 77.0 Å². The molecule has 0 radical (unpaired) electrons. The zero-order chi connectivity index (χ0) is 9.00. The van der Waals surface area contributed by atoms with Crippen molar-refractivity contribution in [3.8, 4) is 0 Å². The first kappa shape index (κ1) is 7.48. The van der Waals surface area contributed by atoms with E-state index in [2.05, 4.69) is 12.2 Å². The predicted molar refractivity (Wildman–Crippen MR) is 47.0 cm³/mol. The van der Waals surface area contributed by atoms with E-state index >= 15 is 0 Å². The standard InChI is InChI=1S/C11H12O2/c12-6-4-9-7-2-1-3-8(7)11(13)10(9)5-6/h1,3,7-10H,2,4-5H2/t7-,8+,9+,10+/m1/s1. The van der Waals surface area contributed by atoms with Gasteiger partial charge in [0.25, 0.3) is 0 Å². The molecule has 3 rings (SSSR count). The molecule has 0 N–H and O–H groups in total. The van der Waals surface area contributed by atoms with Gasteiger partial charge < -0.3 is 0 Å². The smallest absolute Gasteiger partial charge is 0.143 e. The summed E-state index contributed by atoms with van der Waals surface area (Å²) in [6, 6.07) is 0. The number of rotatable bonds is 0. The van der Waals surface area contributed by atoms with Crippen LogP contribution in [0.1, 0.15) is 19.3 Å². The Morgan fingerprint density at radius 2 is 2.00 bits per heavy atom. The van der Waals surface area contributed by atoms with E-state index in [9.17, 15) is 9.59 Å². The molecule has 0 aliphatic heterocycles. The van der Waals surface area contributed by atoms with Crippen LogP contribution in [0.25, 0.3) is 0 Å². The lowest BCUT2D eigenvalue weighted by molar-refractivity contribution is -0.125. The first-order valence-corrected chi connectivity index (χ1v) is 4.99. The number of hydrogen-bond acceptors (Lipinski definition) is 2. The number of Topliss-reactive ketones (excluding diaryl/α,β-unsaturated/α-hetero) is 2. The van der Waals surface area contributed by atoms with Gasteiger partial charge in [0.15, 0.2) is 0 Å². The molecule has 0 heterocycles. The lowest BCUT2D eigenvalue weighted by atomic mass is 9.89. The molecule has 0 aromatic carbocycles. The van der Waals surface area contributed by atoms with Crippen LogP contribution in [0.2, 0.25) is 0 Å². The van der Waals surface area contributed by atoms with E-state index in [1.165, 1.54) is 0 Å². The quantitative estimate of drug-likeness (QED) is 0.522. The van der Waals surface area contributed by atoms with Crippen molar-refractivity contribution >= 4 is 11.6 Å². The molecule has 0 aromatic rings. The average Bonchev–Trinajstić information content (AvgIpc) is 2.70. The van der Waals surface area contributed by atoms with E-state index in [1.54, 1.807) is 0 Å². The van der Waals surface area contributed by atoms with E-state index < -0.39 is 0 Å². The monoisotopic (exact) mass is 176 g/mol. The van der Waals surface area contributed by atoms with E-state index in [-0.39, 0.29) is 11.8 Å². The Hall–Kier alpha value is -0.920. The Kier molecular flexibility index (Phi) is 1.33. The molecule has 13 heavy (non-hydrogen) atoms. The highest BCUT2D eigenvalue weighted by atomic mass is 16.1. The second kappa shape index (κ2) is 2.31. The van der Waals surface area contributed by atoms with Gasteiger partial charge in [-0.2, -0.15) is 0 Å². The lowest BCUT2D eigenvalue weighted by Crippen LogP contribution is -2.13. The van der Waals surface area contributed by atoms with Crippen molar-refractivity contribution in [3.63, 3.8) is 0 Å². The minimum absolute atomic E-state index is 0.0902. The largest absolute Gasteiger partial charge is 0.300 e. The Morgan fingerprint density at radius 1 is 1.15 bits per heavy atom. The van der Waals surface area contributed by atoms with Crippen molar-refractivity contribution in [3.05, 3.63) is 12.2 Å². The number of ketones is 2. The molecule has 0 amide bonds. The molecule has 0 aromatic heterocycles. The van der Waals surface area contributed by atoms with Gasteiger partial charge in [0.05, 0.1) is 0 Å². The van der Waals surface area contributed by atoms with Gasteiger partial charge in [-0.1, -0.05) is 12.2 Å². The average molecular weight is 176 g/mol. The first-order valence-electron chi connectivity index (χ1n) is 4.99. The zero-order valence-corrected chi connectivity index (χ0v) is 7.40. The van der Waals surface area contributed by atoms with Gasteiger partial charge in [-0.15, -0.1) is 0 Å². The van der Waals surface area contributed by atoms with Crippen LogP contribution in [0.4, 0.5) is 0 Å². The van der Waals surface area contributed by atoms with Crippen LogP contribution in [0.15, 0.2) is 12.2 Å². The van der Waals surface area contributed by atoms with Crippen molar-refractivity contribution in [2.75, 3.05) is 0 Å². The molecule has 0 spiro atoms. The Morgan fingerprint density at radius 3 is 2.85 bits per heavy atom. The summed E-state index contributed by atoms with van der Waals surface area (Å²) in [6.07, 6.45) is 6.37. The molecule has 2 nitrogen and oxygen atoms in total. The number of carbonyl (C=O) groups is 2. The van der Waals surface area contributed by atoms with Crippen LogP contribution in [-0.4, -0.2) is 11.6 Å². The van der Waals surface area contributed by atoms with Crippen LogP contribution in [0, 0.1) is 23.7 Å². The molecule has 0 saturated heterocycles. The highest BCUT2D eigenvalue weighted by molar-refractivity contribution is 5.96. The summed E-state index contributed by atoms with van der Waals surface area (Å²) in [5, 5.41) is 0. The normalized spacial score (nSPS) is 47.1. The summed E-state index contributed by atoms with van der Waals surface area (Å²) < 4.78 is 0. The minimum atomic E-state index is 0.0902. The van der Waals surface area contributed by atoms with Crippen LogP contribution in [0.5, 0.6) is 0 Å². The van der Waals surface area contributed by atoms with Gasteiger partial charge in [-0.25, -0.2) is 0 Å². The molecule has 0 unspecified atom stereocenters. The molecule has 4 atom stereocenters. The fourth-order valence-corrected chi connectivity index (χ4v) is 3.31. The maximum absolute atomic E-state index is 11.8. The number of fused-ring (bicyclic) bond motifs is 3. The van der Waals surface area contributed by atoms with Crippen molar-refractivity contribution in [2.45, 2.75) is 19.3 Å².